The van der Waals surface area contributed by atoms with Crippen molar-refractivity contribution in [3.63, 3.8) is 0 Å². The van der Waals surface area contributed by atoms with Crippen LogP contribution in [-0.2, 0) is 9.59 Å². The number of pyridine rings is 1. The topological polar surface area (TPSA) is 103 Å². The minimum absolute atomic E-state index is 0.296. The summed E-state index contributed by atoms with van der Waals surface area (Å²) >= 11 is 0. The van der Waals surface area contributed by atoms with E-state index in [1.54, 1.807) is 0 Å². The molecule has 3 rings (SSSR count). The third kappa shape index (κ3) is 5.21. The van der Waals surface area contributed by atoms with Crippen LogP contribution in [0.2, 0.25) is 0 Å². The summed E-state index contributed by atoms with van der Waals surface area (Å²) in [5.41, 5.74) is 1.68. The summed E-state index contributed by atoms with van der Waals surface area (Å²) in [5.74, 6) is -2.15. The fourth-order valence-electron chi connectivity index (χ4n) is 3.06. The zero-order chi connectivity index (χ0) is 16.7. The van der Waals surface area contributed by atoms with Crippen molar-refractivity contribution in [2.45, 2.75) is 37.6 Å². The molecule has 3 heterocycles. The minimum Gasteiger partial charge on any atom is -0.481 e. The molecule has 0 aromatic carbocycles. The van der Waals surface area contributed by atoms with Crippen LogP contribution in [0.3, 0.4) is 0 Å². The maximum atomic E-state index is 9.64. The Bertz CT molecular complexity index is 515. The zero-order valence-electron chi connectivity index (χ0n) is 13.1. The molecular weight excluding hydrogens is 298 g/mol. The molecule has 7 heteroatoms. The van der Waals surface area contributed by atoms with Crippen molar-refractivity contribution in [3.8, 4) is 0 Å². The summed E-state index contributed by atoms with van der Waals surface area (Å²) < 4.78 is 0. The van der Waals surface area contributed by atoms with Crippen molar-refractivity contribution in [1.82, 2.24) is 10.3 Å². The lowest BCUT2D eigenvalue weighted by Crippen LogP contribution is -2.42. The van der Waals surface area contributed by atoms with E-state index < -0.39 is 11.9 Å². The molecule has 0 radical (unpaired) electrons. The number of rotatable bonds is 4. The van der Waals surface area contributed by atoms with Gasteiger partial charge in [0.15, 0.2) is 0 Å². The second-order valence-electron chi connectivity index (χ2n) is 5.98. The summed E-state index contributed by atoms with van der Waals surface area (Å²) in [6.45, 7) is 3.51. The molecule has 3 N–H and O–H groups in total. The van der Waals surface area contributed by atoms with Crippen molar-refractivity contribution >= 4 is 17.6 Å². The second-order valence-corrected chi connectivity index (χ2v) is 5.98. The summed E-state index contributed by atoms with van der Waals surface area (Å²) in [6.07, 6.45) is 7.16. The van der Waals surface area contributed by atoms with Gasteiger partial charge in [-0.1, -0.05) is 0 Å². The molecule has 0 amide bonds. The number of aliphatic carboxylic acids is 2. The number of nitrogens with zero attached hydrogens (tertiary/aromatic N) is 2. The molecule has 23 heavy (non-hydrogen) atoms. The van der Waals surface area contributed by atoms with E-state index in [1.807, 2.05) is 18.5 Å². The second kappa shape index (κ2) is 7.92. The van der Waals surface area contributed by atoms with Crippen LogP contribution >= 0.6 is 0 Å². The highest BCUT2D eigenvalue weighted by Crippen LogP contribution is 2.32. The first kappa shape index (κ1) is 17.2. The van der Waals surface area contributed by atoms with Gasteiger partial charge in [0.2, 0.25) is 0 Å². The van der Waals surface area contributed by atoms with Gasteiger partial charge in [0.25, 0.3) is 0 Å². The third-order valence-electron chi connectivity index (χ3n) is 4.25. The summed E-state index contributed by atoms with van der Waals surface area (Å²) in [5, 5.41) is 19.5. The Morgan fingerprint density at radius 1 is 1.26 bits per heavy atom. The molecule has 126 valence electrons. The summed E-state index contributed by atoms with van der Waals surface area (Å²) in [6, 6.07) is 4.17. The van der Waals surface area contributed by atoms with E-state index in [2.05, 4.69) is 21.3 Å². The van der Waals surface area contributed by atoms with Gasteiger partial charge in [-0.15, -0.1) is 0 Å². The Balaban J connectivity index is 0.000000207. The van der Waals surface area contributed by atoms with Gasteiger partial charge in [-0.2, -0.15) is 0 Å². The van der Waals surface area contributed by atoms with E-state index in [0.29, 0.717) is 5.54 Å². The Morgan fingerprint density at radius 3 is 2.52 bits per heavy atom. The number of hydrogen-bond donors (Lipinski definition) is 3. The number of carboxylic acids is 2. The van der Waals surface area contributed by atoms with Gasteiger partial charge < -0.3 is 20.4 Å². The van der Waals surface area contributed by atoms with Crippen LogP contribution < -0.4 is 10.2 Å². The van der Waals surface area contributed by atoms with Crippen molar-refractivity contribution in [2.24, 2.45) is 0 Å². The molecule has 1 atom stereocenters. The van der Waals surface area contributed by atoms with Crippen molar-refractivity contribution in [3.05, 3.63) is 24.5 Å². The maximum Gasteiger partial charge on any atom is 0.303 e. The molecular formula is C16H23N3O4. The Morgan fingerprint density at radius 2 is 2.00 bits per heavy atom. The molecule has 0 bridgehead atoms. The first-order chi connectivity index (χ1) is 11.0. The molecule has 2 saturated heterocycles. The molecule has 0 saturated carbocycles. The van der Waals surface area contributed by atoms with Gasteiger partial charge in [-0.25, -0.2) is 0 Å². The van der Waals surface area contributed by atoms with Gasteiger partial charge in [-0.3, -0.25) is 14.6 Å². The Labute approximate surface area is 135 Å². The summed E-state index contributed by atoms with van der Waals surface area (Å²) in [7, 11) is 0. The van der Waals surface area contributed by atoms with Gasteiger partial charge in [0.1, 0.15) is 0 Å². The van der Waals surface area contributed by atoms with E-state index in [9.17, 15) is 9.59 Å². The standard InChI is InChI=1S/C12H17N3.C4H6O4/c1-3-11(9-13-6-1)15-8-5-12(10-15)4-2-7-14-12;5-3(6)1-2-4(7)8/h1,3,6,9,14H,2,4-5,7-8,10H2;1-2H2,(H,5,6)(H,7,8). The van der Waals surface area contributed by atoms with E-state index in [4.69, 9.17) is 10.2 Å². The monoisotopic (exact) mass is 321 g/mol. The average molecular weight is 321 g/mol. The van der Waals surface area contributed by atoms with Gasteiger partial charge >= 0.3 is 11.9 Å². The third-order valence-corrected chi connectivity index (χ3v) is 4.25. The van der Waals surface area contributed by atoms with Gasteiger partial charge in [0, 0.05) is 24.8 Å². The Kier molecular flexibility index (Phi) is 5.92. The van der Waals surface area contributed by atoms with E-state index in [-0.39, 0.29) is 12.8 Å². The van der Waals surface area contributed by atoms with Crippen LogP contribution in [0.25, 0.3) is 0 Å². The van der Waals surface area contributed by atoms with Gasteiger partial charge in [0.05, 0.1) is 24.7 Å². The predicted octanol–water partition coefficient (Wildman–Crippen LogP) is 1.35. The molecule has 0 aliphatic carbocycles. The van der Waals surface area contributed by atoms with Crippen LogP contribution in [0.15, 0.2) is 24.5 Å². The van der Waals surface area contributed by atoms with Crippen LogP contribution in [0, 0.1) is 0 Å². The largest absolute Gasteiger partial charge is 0.481 e. The quantitative estimate of drug-likeness (QED) is 0.769. The fraction of sp³-hybridized carbons (Fsp3) is 0.562. The number of aromatic nitrogens is 1. The van der Waals surface area contributed by atoms with E-state index in [1.165, 1.54) is 38.0 Å². The lowest BCUT2D eigenvalue weighted by atomic mass is 9.97. The first-order valence-electron chi connectivity index (χ1n) is 7.84. The smallest absolute Gasteiger partial charge is 0.303 e. The van der Waals surface area contributed by atoms with Crippen molar-refractivity contribution in [2.75, 3.05) is 24.5 Å². The highest BCUT2D eigenvalue weighted by atomic mass is 16.4. The number of carboxylic acid groups (broad SMARTS) is 2. The summed E-state index contributed by atoms with van der Waals surface area (Å²) in [4.78, 5) is 25.9. The molecule has 1 unspecified atom stereocenters. The van der Waals surface area contributed by atoms with Crippen LogP contribution in [0.5, 0.6) is 0 Å². The first-order valence-corrected chi connectivity index (χ1v) is 7.84. The predicted molar refractivity (Wildman–Crippen MR) is 85.5 cm³/mol. The lowest BCUT2D eigenvalue weighted by molar-refractivity contribution is -0.143. The van der Waals surface area contributed by atoms with E-state index >= 15 is 0 Å². The molecule has 2 aliphatic rings. The maximum absolute atomic E-state index is 9.64. The zero-order valence-corrected chi connectivity index (χ0v) is 13.1. The number of nitrogens with one attached hydrogen (secondary N) is 1. The van der Waals surface area contributed by atoms with Gasteiger partial charge in [-0.05, 0) is 37.9 Å². The van der Waals surface area contributed by atoms with Crippen LogP contribution in [-0.4, -0.2) is 52.3 Å². The molecule has 1 aromatic rings. The van der Waals surface area contributed by atoms with E-state index in [0.717, 1.165) is 6.54 Å². The minimum atomic E-state index is -1.08. The molecule has 2 fully saturated rings. The normalized spacial score (nSPS) is 22.7. The van der Waals surface area contributed by atoms with Crippen LogP contribution in [0.1, 0.15) is 32.1 Å². The molecule has 2 aliphatic heterocycles. The molecule has 7 nitrogen and oxygen atoms in total. The number of anilines is 1. The van der Waals surface area contributed by atoms with Crippen molar-refractivity contribution < 1.29 is 19.8 Å². The van der Waals surface area contributed by atoms with Crippen LogP contribution in [0.4, 0.5) is 5.69 Å². The highest BCUT2D eigenvalue weighted by molar-refractivity contribution is 5.75. The SMILES string of the molecule is O=C(O)CCC(=O)O.c1cncc(N2CCC3(CCCN3)C2)c1. The number of carbonyl (C=O) groups is 2. The molecule has 1 spiro atoms. The number of hydrogen-bond acceptors (Lipinski definition) is 5. The highest BCUT2D eigenvalue weighted by Gasteiger charge is 2.39. The molecule has 1 aromatic heterocycles. The van der Waals surface area contributed by atoms with Crippen molar-refractivity contribution in [1.29, 1.82) is 0 Å². The average Bonchev–Trinajstić information content (AvgIpc) is 3.17. The fourth-order valence-corrected chi connectivity index (χ4v) is 3.06. The Hall–Kier alpha value is -2.15. The lowest BCUT2D eigenvalue weighted by Gasteiger charge is -2.25.